The Kier molecular flexibility index (Phi) is 5.01. The lowest BCUT2D eigenvalue weighted by Crippen LogP contribution is -2.30. The number of amides is 1. The minimum Gasteiger partial charge on any atom is -0.497 e. The maximum atomic E-state index is 11.8. The van der Waals surface area contributed by atoms with Gasteiger partial charge in [-0.1, -0.05) is 12.1 Å². The van der Waals surface area contributed by atoms with Gasteiger partial charge in [0, 0.05) is 19.6 Å². The van der Waals surface area contributed by atoms with E-state index in [0.717, 1.165) is 37.0 Å². The van der Waals surface area contributed by atoms with Gasteiger partial charge in [-0.05, 0) is 48.8 Å². The molecule has 0 saturated heterocycles. The Bertz CT molecular complexity index is 455. The quantitative estimate of drug-likeness (QED) is 0.763. The highest BCUT2D eigenvalue weighted by atomic mass is 16.5. The van der Waals surface area contributed by atoms with Gasteiger partial charge in [0.2, 0.25) is 5.91 Å². The van der Waals surface area contributed by atoms with Crippen molar-refractivity contribution in [1.29, 1.82) is 0 Å². The van der Waals surface area contributed by atoms with Crippen LogP contribution in [-0.4, -0.2) is 31.3 Å². The Morgan fingerprint density at radius 3 is 2.90 bits per heavy atom. The van der Waals surface area contributed by atoms with Gasteiger partial charge < -0.3 is 15.2 Å². The minimum atomic E-state index is 0.0806. The third-order valence-electron chi connectivity index (χ3n) is 4.03. The Balaban J connectivity index is 1.72. The lowest BCUT2D eigenvalue weighted by atomic mass is 10.0. The van der Waals surface area contributed by atoms with E-state index < -0.39 is 0 Å². The molecule has 2 N–H and O–H groups in total. The number of rotatable bonds is 8. The largest absolute Gasteiger partial charge is 0.497 e. The standard InChI is InChI=1S/C16H23NO3/c1-20-14-4-2-3-13(11-14)5-6-15(19)17-12-16(7-8-16)9-10-18/h2-4,11,18H,5-10,12H2,1H3,(H,17,19). The summed E-state index contributed by atoms with van der Waals surface area (Å²) in [5, 5.41) is 12.0. The summed E-state index contributed by atoms with van der Waals surface area (Å²) in [6, 6.07) is 7.80. The summed E-state index contributed by atoms with van der Waals surface area (Å²) in [6.07, 6.45) is 4.23. The number of ether oxygens (including phenoxy) is 1. The van der Waals surface area contributed by atoms with Crippen LogP contribution in [0.25, 0.3) is 0 Å². The molecule has 0 bridgehead atoms. The predicted molar refractivity (Wildman–Crippen MR) is 77.7 cm³/mol. The molecule has 0 aromatic heterocycles. The number of aryl methyl sites for hydroxylation is 1. The topological polar surface area (TPSA) is 58.6 Å². The van der Waals surface area contributed by atoms with Crippen LogP contribution in [0.4, 0.5) is 0 Å². The summed E-state index contributed by atoms with van der Waals surface area (Å²) in [4.78, 5) is 11.8. The molecule has 1 saturated carbocycles. The minimum absolute atomic E-state index is 0.0806. The first-order valence-electron chi connectivity index (χ1n) is 7.18. The third-order valence-corrected chi connectivity index (χ3v) is 4.03. The van der Waals surface area contributed by atoms with Crippen LogP contribution in [-0.2, 0) is 11.2 Å². The molecule has 0 radical (unpaired) electrons. The Hall–Kier alpha value is -1.55. The van der Waals surface area contributed by atoms with Crippen molar-refractivity contribution in [3.8, 4) is 5.75 Å². The second-order valence-corrected chi connectivity index (χ2v) is 5.60. The molecule has 1 aromatic rings. The molecule has 1 aromatic carbocycles. The van der Waals surface area contributed by atoms with Crippen molar-refractivity contribution in [2.75, 3.05) is 20.3 Å². The van der Waals surface area contributed by atoms with Crippen LogP contribution in [0, 0.1) is 5.41 Å². The lowest BCUT2D eigenvalue weighted by molar-refractivity contribution is -0.121. The van der Waals surface area contributed by atoms with E-state index in [9.17, 15) is 4.79 Å². The number of hydrogen-bond donors (Lipinski definition) is 2. The van der Waals surface area contributed by atoms with E-state index in [1.165, 1.54) is 0 Å². The van der Waals surface area contributed by atoms with Crippen LogP contribution in [0.3, 0.4) is 0 Å². The summed E-state index contributed by atoms with van der Waals surface area (Å²) in [5.41, 5.74) is 1.29. The number of benzene rings is 1. The summed E-state index contributed by atoms with van der Waals surface area (Å²) >= 11 is 0. The number of hydrogen-bond acceptors (Lipinski definition) is 3. The number of methoxy groups -OCH3 is 1. The number of aliphatic hydroxyl groups is 1. The molecule has 1 aliphatic rings. The molecule has 1 amide bonds. The molecule has 0 unspecified atom stereocenters. The molecule has 4 heteroatoms. The number of nitrogens with one attached hydrogen (secondary N) is 1. The summed E-state index contributed by atoms with van der Waals surface area (Å²) in [7, 11) is 1.64. The van der Waals surface area contributed by atoms with Gasteiger partial charge in [-0.3, -0.25) is 4.79 Å². The van der Waals surface area contributed by atoms with Gasteiger partial charge in [0.1, 0.15) is 5.75 Å². The predicted octanol–water partition coefficient (Wildman–Crippen LogP) is 1.91. The zero-order valence-electron chi connectivity index (χ0n) is 12.0. The van der Waals surface area contributed by atoms with E-state index in [1.807, 2.05) is 24.3 Å². The Morgan fingerprint density at radius 2 is 2.25 bits per heavy atom. The first-order valence-corrected chi connectivity index (χ1v) is 7.18. The fourth-order valence-corrected chi connectivity index (χ4v) is 2.39. The van der Waals surface area contributed by atoms with Gasteiger partial charge in [0.05, 0.1) is 7.11 Å². The number of aliphatic hydroxyl groups excluding tert-OH is 1. The highest BCUT2D eigenvalue weighted by Crippen LogP contribution is 2.47. The SMILES string of the molecule is COc1cccc(CCC(=O)NCC2(CCO)CC2)c1. The molecule has 0 spiro atoms. The van der Waals surface area contributed by atoms with E-state index in [1.54, 1.807) is 7.11 Å². The van der Waals surface area contributed by atoms with Gasteiger partial charge >= 0.3 is 0 Å². The van der Waals surface area contributed by atoms with Crippen molar-refractivity contribution in [2.45, 2.75) is 32.1 Å². The number of carbonyl (C=O) groups excluding carboxylic acids is 1. The van der Waals surface area contributed by atoms with Crippen molar-refractivity contribution in [2.24, 2.45) is 5.41 Å². The van der Waals surface area contributed by atoms with Gasteiger partial charge in [-0.25, -0.2) is 0 Å². The zero-order valence-corrected chi connectivity index (χ0v) is 12.0. The van der Waals surface area contributed by atoms with Crippen molar-refractivity contribution < 1.29 is 14.6 Å². The molecule has 0 heterocycles. The molecule has 20 heavy (non-hydrogen) atoms. The molecule has 2 rings (SSSR count). The van der Waals surface area contributed by atoms with E-state index in [2.05, 4.69) is 5.32 Å². The van der Waals surface area contributed by atoms with Crippen molar-refractivity contribution in [3.63, 3.8) is 0 Å². The fourth-order valence-electron chi connectivity index (χ4n) is 2.39. The second-order valence-electron chi connectivity index (χ2n) is 5.60. The number of carbonyl (C=O) groups is 1. The van der Waals surface area contributed by atoms with E-state index in [0.29, 0.717) is 13.0 Å². The molecular formula is C16H23NO3. The molecule has 1 aliphatic carbocycles. The van der Waals surface area contributed by atoms with E-state index >= 15 is 0 Å². The maximum Gasteiger partial charge on any atom is 0.220 e. The fraction of sp³-hybridized carbons (Fsp3) is 0.562. The molecule has 0 atom stereocenters. The Labute approximate surface area is 120 Å². The van der Waals surface area contributed by atoms with Crippen LogP contribution >= 0.6 is 0 Å². The molecule has 4 nitrogen and oxygen atoms in total. The molecule has 0 aliphatic heterocycles. The molecular weight excluding hydrogens is 254 g/mol. The van der Waals surface area contributed by atoms with Crippen molar-refractivity contribution >= 4 is 5.91 Å². The molecule has 110 valence electrons. The highest BCUT2D eigenvalue weighted by Gasteiger charge is 2.41. The van der Waals surface area contributed by atoms with Crippen LogP contribution in [0.5, 0.6) is 5.75 Å². The zero-order chi connectivity index (χ0) is 14.4. The lowest BCUT2D eigenvalue weighted by Gasteiger charge is -2.14. The van der Waals surface area contributed by atoms with Crippen LogP contribution in [0.2, 0.25) is 0 Å². The second kappa shape index (κ2) is 6.75. The van der Waals surface area contributed by atoms with Gasteiger partial charge in [0.25, 0.3) is 0 Å². The average Bonchev–Trinajstić information content (AvgIpc) is 3.24. The first kappa shape index (κ1) is 14.9. The highest BCUT2D eigenvalue weighted by molar-refractivity contribution is 5.76. The normalized spacial score (nSPS) is 15.7. The summed E-state index contributed by atoms with van der Waals surface area (Å²) < 4.78 is 5.16. The first-order chi connectivity index (χ1) is 9.67. The van der Waals surface area contributed by atoms with Crippen LogP contribution in [0.15, 0.2) is 24.3 Å². The smallest absolute Gasteiger partial charge is 0.220 e. The van der Waals surface area contributed by atoms with Gasteiger partial charge in [-0.15, -0.1) is 0 Å². The average molecular weight is 277 g/mol. The van der Waals surface area contributed by atoms with E-state index in [-0.39, 0.29) is 17.9 Å². The summed E-state index contributed by atoms with van der Waals surface area (Å²) in [6.45, 7) is 0.907. The third kappa shape index (κ3) is 4.23. The van der Waals surface area contributed by atoms with Gasteiger partial charge in [0.15, 0.2) is 0 Å². The van der Waals surface area contributed by atoms with Crippen LogP contribution < -0.4 is 10.1 Å². The Morgan fingerprint density at radius 1 is 1.45 bits per heavy atom. The van der Waals surface area contributed by atoms with Crippen molar-refractivity contribution in [3.05, 3.63) is 29.8 Å². The maximum absolute atomic E-state index is 11.8. The molecule has 1 fully saturated rings. The monoisotopic (exact) mass is 277 g/mol. The van der Waals surface area contributed by atoms with Crippen LogP contribution in [0.1, 0.15) is 31.2 Å². The van der Waals surface area contributed by atoms with E-state index in [4.69, 9.17) is 9.84 Å². The van der Waals surface area contributed by atoms with Crippen molar-refractivity contribution in [1.82, 2.24) is 5.32 Å². The van der Waals surface area contributed by atoms with Gasteiger partial charge in [-0.2, -0.15) is 0 Å². The summed E-state index contributed by atoms with van der Waals surface area (Å²) in [5.74, 6) is 0.903.